The monoisotopic (exact) mass is 281 g/mol. The summed E-state index contributed by atoms with van der Waals surface area (Å²) in [6, 6.07) is 1.91. The van der Waals surface area contributed by atoms with Gasteiger partial charge in [0.25, 0.3) is 0 Å². The second-order valence-electron chi connectivity index (χ2n) is 5.27. The van der Waals surface area contributed by atoms with Crippen LogP contribution in [0.5, 0.6) is 0 Å². The van der Waals surface area contributed by atoms with Crippen molar-refractivity contribution in [1.29, 1.82) is 0 Å². The molecule has 20 heavy (non-hydrogen) atoms. The molecular formula is C12H19N5O3. The molecule has 1 saturated heterocycles. The predicted molar refractivity (Wildman–Crippen MR) is 72.1 cm³/mol. The van der Waals surface area contributed by atoms with E-state index < -0.39 is 4.92 Å². The normalized spacial score (nSPS) is 19.4. The van der Waals surface area contributed by atoms with E-state index in [1.165, 1.54) is 16.9 Å². The van der Waals surface area contributed by atoms with Crippen LogP contribution in [0, 0.1) is 10.1 Å². The molecule has 0 radical (unpaired) electrons. The van der Waals surface area contributed by atoms with Gasteiger partial charge in [-0.15, -0.1) is 0 Å². The quantitative estimate of drug-likeness (QED) is 0.622. The van der Waals surface area contributed by atoms with Gasteiger partial charge in [-0.25, -0.2) is 0 Å². The molecule has 1 unspecified atom stereocenters. The Morgan fingerprint density at radius 2 is 2.40 bits per heavy atom. The summed E-state index contributed by atoms with van der Waals surface area (Å²) in [5.41, 5.74) is 0. The highest BCUT2D eigenvalue weighted by Crippen LogP contribution is 2.12. The summed E-state index contributed by atoms with van der Waals surface area (Å²) < 4.78 is 1.28. The summed E-state index contributed by atoms with van der Waals surface area (Å²) in [5.74, 6) is -0.414. The first-order valence-corrected chi connectivity index (χ1v) is 6.67. The molecule has 1 aliphatic rings. The third-order valence-electron chi connectivity index (χ3n) is 3.43. The first kappa shape index (κ1) is 14.4. The smallest absolute Gasteiger partial charge is 0.358 e. The SMILES string of the molecule is CC(C)N1CCC(NC(=O)Cn2ccc([N+](=O)[O-])n2)C1. The van der Waals surface area contributed by atoms with Crippen molar-refractivity contribution in [2.45, 2.75) is 38.9 Å². The summed E-state index contributed by atoms with van der Waals surface area (Å²) in [4.78, 5) is 24.1. The molecule has 1 amide bonds. The number of hydrogen-bond donors (Lipinski definition) is 1. The largest absolute Gasteiger partial charge is 0.389 e. The molecule has 110 valence electrons. The van der Waals surface area contributed by atoms with Crippen LogP contribution in [-0.4, -0.2) is 50.7 Å². The molecule has 0 aliphatic carbocycles. The van der Waals surface area contributed by atoms with Crippen LogP contribution >= 0.6 is 0 Å². The molecule has 8 heteroatoms. The Morgan fingerprint density at radius 3 is 2.95 bits per heavy atom. The van der Waals surface area contributed by atoms with Crippen LogP contribution in [0.1, 0.15) is 20.3 Å². The molecule has 0 aromatic carbocycles. The Morgan fingerprint density at radius 1 is 1.65 bits per heavy atom. The summed E-state index contributed by atoms with van der Waals surface area (Å²) >= 11 is 0. The molecular weight excluding hydrogens is 262 g/mol. The van der Waals surface area contributed by atoms with E-state index in [0.29, 0.717) is 6.04 Å². The lowest BCUT2D eigenvalue weighted by Crippen LogP contribution is -2.40. The minimum absolute atomic E-state index is 0.00597. The summed E-state index contributed by atoms with van der Waals surface area (Å²) in [5, 5.41) is 17.2. The van der Waals surface area contributed by atoms with Crippen molar-refractivity contribution in [1.82, 2.24) is 20.0 Å². The Balaban J connectivity index is 1.82. The number of aromatic nitrogens is 2. The second kappa shape index (κ2) is 6.00. The maximum Gasteiger partial charge on any atom is 0.389 e. The van der Waals surface area contributed by atoms with Gasteiger partial charge in [0.15, 0.2) is 0 Å². The van der Waals surface area contributed by atoms with E-state index in [0.717, 1.165) is 19.5 Å². The van der Waals surface area contributed by atoms with Crippen LogP contribution in [0.3, 0.4) is 0 Å². The summed E-state index contributed by atoms with van der Waals surface area (Å²) in [6.45, 7) is 6.10. The number of amides is 1. The average Bonchev–Trinajstić information content (AvgIpc) is 2.98. The van der Waals surface area contributed by atoms with E-state index in [-0.39, 0.29) is 24.3 Å². The highest BCUT2D eigenvalue weighted by molar-refractivity contribution is 5.76. The minimum Gasteiger partial charge on any atom is -0.358 e. The fourth-order valence-electron chi connectivity index (χ4n) is 2.33. The summed E-state index contributed by atoms with van der Waals surface area (Å²) in [7, 11) is 0. The Kier molecular flexibility index (Phi) is 4.33. The van der Waals surface area contributed by atoms with Gasteiger partial charge in [-0.2, -0.15) is 4.68 Å². The molecule has 2 heterocycles. The standard InChI is InChI=1S/C12H19N5O3/c1-9(2)15-5-3-10(7-15)13-12(18)8-16-6-4-11(14-16)17(19)20/h4,6,9-10H,3,5,7-8H2,1-2H3,(H,13,18). The van der Waals surface area contributed by atoms with Gasteiger partial charge in [-0.3, -0.25) is 9.69 Å². The molecule has 1 atom stereocenters. The number of carbonyl (C=O) groups is 1. The van der Waals surface area contributed by atoms with Crippen LogP contribution in [0.25, 0.3) is 0 Å². The van der Waals surface area contributed by atoms with Gasteiger partial charge in [0.05, 0.1) is 17.4 Å². The van der Waals surface area contributed by atoms with E-state index in [1.807, 2.05) is 0 Å². The number of likely N-dealkylation sites (tertiary alicyclic amines) is 1. The molecule has 1 N–H and O–H groups in total. The van der Waals surface area contributed by atoms with Gasteiger partial charge in [0.2, 0.25) is 5.91 Å². The number of carbonyl (C=O) groups excluding carboxylic acids is 1. The van der Waals surface area contributed by atoms with E-state index in [4.69, 9.17) is 0 Å². The predicted octanol–water partition coefficient (Wildman–Crippen LogP) is 0.390. The van der Waals surface area contributed by atoms with E-state index in [2.05, 4.69) is 29.2 Å². The first-order valence-electron chi connectivity index (χ1n) is 6.67. The van der Waals surface area contributed by atoms with Crippen molar-refractivity contribution in [3.63, 3.8) is 0 Å². The summed E-state index contributed by atoms with van der Waals surface area (Å²) in [6.07, 6.45) is 2.37. The zero-order valence-electron chi connectivity index (χ0n) is 11.7. The van der Waals surface area contributed by atoms with Crippen LogP contribution < -0.4 is 5.32 Å². The fourth-order valence-corrected chi connectivity index (χ4v) is 2.33. The van der Waals surface area contributed by atoms with Gasteiger partial charge in [0, 0.05) is 25.2 Å². The lowest BCUT2D eigenvalue weighted by molar-refractivity contribution is -0.389. The first-order chi connectivity index (χ1) is 9.45. The Hall–Kier alpha value is -1.96. The number of rotatable bonds is 5. The highest BCUT2D eigenvalue weighted by atomic mass is 16.6. The number of nitro groups is 1. The lowest BCUT2D eigenvalue weighted by atomic mass is 10.2. The van der Waals surface area contributed by atoms with Crippen LogP contribution in [0.2, 0.25) is 0 Å². The molecule has 0 saturated carbocycles. The fraction of sp³-hybridized carbons (Fsp3) is 0.667. The molecule has 1 aromatic heterocycles. The van der Waals surface area contributed by atoms with Crippen LogP contribution in [0.15, 0.2) is 12.3 Å². The maximum atomic E-state index is 11.9. The molecule has 8 nitrogen and oxygen atoms in total. The van der Waals surface area contributed by atoms with Crippen molar-refractivity contribution in [2.24, 2.45) is 0 Å². The Bertz CT molecular complexity index is 499. The van der Waals surface area contributed by atoms with E-state index in [1.54, 1.807) is 0 Å². The molecule has 0 bridgehead atoms. The second-order valence-corrected chi connectivity index (χ2v) is 5.27. The molecule has 1 aromatic rings. The lowest BCUT2D eigenvalue weighted by Gasteiger charge is -2.20. The van der Waals surface area contributed by atoms with Gasteiger partial charge in [-0.1, -0.05) is 0 Å². The minimum atomic E-state index is -0.577. The van der Waals surface area contributed by atoms with Crippen molar-refractivity contribution in [3.8, 4) is 0 Å². The molecule has 0 spiro atoms. The van der Waals surface area contributed by atoms with E-state index in [9.17, 15) is 14.9 Å². The van der Waals surface area contributed by atoms with Gasteiger partial charge >= 0.3 is 5.82 Å². The van der Waals surface area contributed by atoms with Gasteiger partial charge < -0.3 is 15.4 Å². The third kappa shape index (κ3) is 3.53. The number of hydrogen-bond acceptors (Lipinski definition) is 5. The Labute approximate surface area is 116 Å². The molecule has 1 aliphatic heterocycles. The van der Waals surface area contributed by atoms with Crippen LogP contribution in [-0.2, 0) is 11.3 Å². The average molecular weight is 281 g/mol. The number of nitrogens with zero attached hydrogens (tertiary/aromatic N) is 4. The third-order valence-corrected chi connectivity index (χ3v) is 3.43. The maximum absolute atomic E-state index is 11.9. The molecule has 2 rings (SSSR count). The van der Waals surface area contributed by atoms with Crippen molar-refractivity contribution < 1.29 is 9.72 Å². The number of nitrogens with one attached hydrogen (secondary N) is 1. The van der Waals surface area contributed by atoms with Crippen molar-refractivity contribution in [2.75, 3.05) is 13.1 Å². The zero-order chi connectivity index (χ0) is 14.7. The molecule has 1 fully saturated rings. The van der Waals surface area contributed by atoms with Gasteiger partial charge in [-0.05, 0) is 25.2 Å². The topological polar surface area (TPSA) is 93.3 Å². The van der Waals surface area contributed by atoms with E-state index >= 15 is 0 Å². The zero-order valence-corrected chi connectivity index (χ0v) is 11.7. The van der Waals surface area contributed by atoms with Crippen molar-refractivity contribution >= 4 is 11.7 Å². The van der Waals surface area contributed by atoms with Gasteiger partial charge in [0.1, 0.15) is 6.54 Å². The van der Waals surface area contributed by atoms with Crippen LogP contribution in [0.4, 0.5) is 5.82 Å². The van der Waals surface area contributed by atoms with Crippen molar-refractivity contribution in [3.05, 3.63) is 22.4 Å². The highest BCUT2D eigenvalue weighted by Gasteiger charge is 2.25.